The molecule has 0 saturated carbocycles. The highest BCUT2D eigenvalue weighted by atomic mass is 19.1. The van der Waals surface area contributed by atoms with Gasteiger partial charge in [-0.25, -0.2) is 9.37 Å². The van der Waals surface area contributed by atoms with Crippen LogP contribution < -0.4 is 5.73 Å². The van der Waals surface area contributed by atoms with Crippen LogP contribution in [-0.2, 0) is 17.7 Å². The maximum absolute atomic E-state index is 13.8. The average molecular weight is 315 g/mol. The molecule has 4 nitrogen and oxygen atoms in total. The largest absolute Gasteiger partial charge is 0.384 e. The van der Waals surface area contributed by atoms with E-state index in [9.17, 15) is 4.39 Å². The highest BCUT2D eigenvalue weighted by Gasteiger charge is 2.21. The second kappa shape index (κ2) is 7.53. The lowest BCUT2D eigenvalue weighted by molar-refractivity contribution is -0.0348. The molecule has 0 bridgehead atoms. The van der Waals surface area contributed by atoms with E-state index in [2.05, 4.69) is 9.88 Å². The van der Waals surface area contributed by atoms with E-state index in [1.807, 2.05) is 24.3 Å². The highest BCUT2D eigenvalue weighted by Crippen LogP contribution is 2.16. The second-order valence-corrected chi connectivity index (χ2v) is 5.95. The summed E-state index contributed by atoms with van der Waals surface area (Å²) in [4.78, 5) is 6.26. The number of ether oxygens (including phenoxy) is 1. The van der Waals surface area contributed by atoms with Gasteiger partial charge in [-0.3, -0.25) is 4.90 Å². The Morgan fingerprint density at radius 1 is 1.30 bits per heavy atom. The van der Waals surface area contributed by atoms with Gasteiger partial charge in [0.1, 0.15) is 11.6 Å². The summed E-state index contributed by atoms with van der Waals surface area (Å²) in [6.07, 6.45) is 3.74. The third-order valence-electron chi connectivity index (χ3n) is 4.18. The number of hydrogen-bond acceptors (Lipinski definition) is 4. The summed E-state index contributed by atoms with van der Waals surface area (Å²) in [5.41, 5.74) is 7.62. The number of anilines is 1. The molecule has 1 aliphatic heterocycles. The van der Waals surface area contributed by atoms with Gasteiger partial charge in [0.2, 0.25) is 0 Å². The molecule has 0 aliphatic carbocycles. The Morgan fingerprint density at radius 2 is 2.17 bits per heavy atom. The maximum atomic E-state index is 13.8. The Hall–Kier alpha value is -1.98. The summed E-state index contributed by atoms with van der Waals surface area (Å²) in [6.45, 7) is 2.99. The van der Waals surface area contributed by atoms with E-state index in [1.54, 1.807) is 12.3 Å². The second-order valence-electron chi connectivity index (χ2n) is 5.95. The monoisotopic (exact) mass is 315 g/mol. The number of hydrogen-bond donors (Lipinski definition) is 1. The summed E-state index contributed by atoms with van der Waals surface area (Å²) in [5.74, 6) is 0.413. The predicted molar refractivity (Wildman–Crippen MR) is 88.4 cm³/mol. The van der Waals surface area contributed by atoms with Crippen LogP contribution in [0.1, 0.15) is 17.5 Å². The number of aryl methyl sites for hydroxylation is 1. The van der Waals surface area contributed by atoms with Crippen LogP contribution in [0.4, 0.5) is 10.2 Å². The van der Waals surface area contributed by atoms with Gasteiger partial charge in [0.15, 0.2) is 0 Å². The SMILES string of the molecule is Nc1cc(CC[C@H]2CN(Cc3ccccc3F)CCO2)ccn1. The van der Waals surface area contributed by atoms with Gasteiger partial charge >= 0.3 is 0 Å². The predicted octanol–water partition coefficient (Wildman–Crippen LogP) is 2.64. The number of aromatic nitrogens is 1. The summed E-state index contributed by atoms with van der Waals surface area (Å²) < 4.78 is 19.6. The first-order chi connectivity index (χ1) is 11.2. The van der Waals surface area contributed by atoms with Crippen molar-refractivity contribution in [2.75, 3.05) is 25.4 Å². The zero-order valence-electron chi connectivity index (χ0n) is 13.1. The van der Waals surface area contributed by atoms with E-state index in [0.717, 1.165) is 31.5 Å². The Morgan fingerprint density at radius 3 is 3.00 bits per heavy atom. The fourth-order valence-corrected chi connectivity index (χ4v) is 2.94. The number of halogens is 1. The van der Waals surface area contributed by atoms with Crippen molar-refractivity contribution in [3.63, 3.8) is 0 Å². The van der Waals surface area contributed by atoms with E-state index >= 15 is 0 Å². The van der Waals surface area contributed by atoms with Gasteiger partial charge in [-0.15, -0.1) is 0 Å². The number of pyridine rings is 1. The Balaban J connectivity index is 1.53. The van der Waals surface area contributed by atoms with Gasteiger partial charge in [0.05, 0.1) is 12.7 Å². The quantitative estimate of drug-likeness (QED) is 0.921. The van der Waals surface area contributed by atoms with E-state index in [-0.39, 0.29) is 11.9 Å². The summed E-state index contributed by atoms with van der Waals surface area (Å²) >= 11 is 0. The molecule has 0 amide bonds. The molecule has 2 N–H and O–H groups in total. The Kier molecular flexibility index (Phi) is 5.20. The number of nitrogen functional groups attached to an aromatic ring is 1. The van der Waals surface area contributed by atoms with Crippen molar-refractivity contribution in [2.24, 2.45) is 0 Å². The molecule has 122 valence electrons. The van der Waals surface area contributed by atoms with E-state index < -0.39 is 0 Å². The minimum atomic E-state index is -0.136. The average Bonchev–Trinajstić information content (AvgIpc) is 2.56. The first-order valence-electron chi connectivity index (χ1n) is 7.98. The van der Waals surface area contributed by atoms with Crippen LogP contribution in [0.5, 0.6) is 0 Å². The van der Waals surface area contributed by atoms with Gasteiger partial charge < -0.3 is 10.5 Å². The fourth-order valence-electron chi connectivity index (χ4n) is 2.94. The molecule has 1 atom stereocenters. The van der Waals surface area contributed by atoms with Crippen molar-refractivity contribution in [1.82, 2.24) is 9.88 Å². The Bertz CT molecular complexity index is 650. The van der Waals surface area contributed by atoms with Crippen LogP contribution in [0.25, 0.3) is 0 Å². The smallest absolute Gasteiger partial charge is 0.127 e. The fraction of sp³-hybridized carbons (Fsp3) is 0.389. The summed E-state index contributed by atoms with van der Waals surface area (Å²) in [7, 11) is 0. The van der Waals surface area contributed by atoms with Crippen molar-refractivity contribution in [3.8, 4) is 0 Å². The molecule has 1 aliphatic rings. The van der Waals surface area contributed by atoms with Crippen molar-refractivity contribution >= 4 is 5.82 Å². The molecule has 2 heterocycles. The third-order valence-corrected chi connectivity index (χ3v) is 4.18. The molecule has 3 rings (SSSR count). The van der Waals surface area contributed by atoms with Gasteiger partial charge in [0.25, 0.3) is 0 Å². The summed E-state index contributed by atoms with van der Waals surface area (Å²) in [6, 6.07) is 10.8. The molecule has 1 saturated heterocycles. The molecule has 0 radical (unpaired) electrons. The zero-order chi connectivity index (χ0) is 16.1. The lowest BCUT2D eigenvalue weighted by Crippen LogP contribution is -2.42. The van der Waals surface area contributed by atoms with E-state index in [4.69, 9.17) is 10.5 Å². The normalized spacial score (nSPS) is 18.9. The molecule has 5 heteroatoms. The van der Waals surface area contributed by atoms with Crippen molar-refractivity contribution < 1.29 is 9.13 Å². The van der Waals surface area contributed by atoms with Crippen molar-refractivity contribution in [1.29, 1.82) is 0 Å². The molecule has 23 heavy (non-hydrogen) atoms. The van der Waals surface area contributed by atoms with Gasteiger partial charge in [-0.1, -0.05) is 18.2 Å². The number of morpholine rings is 1. The number of benzene rings is 1. The maximum Gasteiger partial charge on any atom is 0.127 e. The Labute approximate surface area is 136 Å². The minimum absolute atomic E-state index is 0.136. The number of nitrogens with zero attached hydrogens (tertiary/aromatic N) is 2. The van der Waals surface area contributed by atoms with Crippen molar-refractivity contribution in [2.45, 2.75) is 25.5 Å². The lowest BCUT2D eigenvalue weighted by Gasteiger charge is -2.33. The first kappa shape index (κ1) is 15.9. The summed E-state index contributed by atoms with van der Waals surface area (Å²) in [5, 5.41) is 0. The lowest BCUT2D eigenvalue weighted by atomic mass is 10.1. The van der Waals surface area contributed by atoms with Gasteiger partial charge in [0, 0.05) is 31.4 Å². The van der Waals surface area contributed by atoms with Crippen LogP contribution in [0.2, 0.25) is 0 Å². The molecule has 1 aromatic carbocycles. The number of nitrogens with two attached hydrogens (primary N) is 1. The topological polar surface area (TPSA) is 51.4 Å². The molecule has 0 spiro atoms. The molecule has 1 aromatic heterocycles. The molecule has 1 fully saturated rings. The van der Waals surface area contributed by atoms with Crippen LogP contribution in [0, 0.1) is 5.82 Å². The van der Waals surface area contributed by atoms with Crippen LogP contribution >= 0.6 is 0 Å². The minimum Gasteiger partial charge on any atom is -0.384 e. The molecule has 2 aromatic rings. The zero-order valence-corrected chi connectivity index (χ0v) is 13.1. The van der Waals surface area contributed by atoms with Crippen LogP contribution in [0.15, 0.2) is 42.6 Å². The van der Waals surface area contributed by atoms with Gasteiger partial charge in [-0.2, -0.15) is 0 Å². The van der Waals surface area contributed by atoms with Crippen molar-refractivity contribution in [3.05, 3.63) is 59.5 Å². The standard InChI is InChI=1S/C18H22FN3O/c19-17-4-2-1-3-15(17)12-22-9-10-23-16(13-22)6-5-14-7-8-21-18(20)11-14/h1-4,7-8,11,16H,5-6,9-10,12-13H2,(H2,20,21)/t16-/m0/s1. The van der Waals surface area contributed by atoms with E-state index in [0.29, 0.717) is 19.0 Å². The molecular formula is C18H22FN3O. The molecular weight excluding hydrogens is 293 g/mol. The molecule has 0 unspecified atom stereocenters. The first-order valence-corrected chi connectivity index (χ1v) is 7.98. The van der Waals surface area contributed by atoms with Crippen LogP contribution in [0.3, 0.4) is 0 Å². The third kappa shape index (κ3) is 4.50. The highest BCUT2D eigenvalue weighted by molar-refractivity contribution is 5.31. The van der Waals surface area contributed by atoms with Crippen LogP contribution in [-0.4, -0.2) is 35.7 Å². The number of rotatable bonds is 5. The van der Waals surface area contributed by atoms with E-state index in [1.165, 1.54) is 11.6 Å². The van der Waals surface area contributed by atoms with Gasteiger partial charge in [-0.05, 0) is 36.6 Å².